The van der Waals surface area contributed by atoms with E-state index in [4.69, 9.17) is 16.3 Å². The summed E-state index contributed by atoms with van der Waals surface area (Å²) in [5.74, 6) is 0.240. The molecule has 2 rings (SSSR count). The first kappa shape index (κ1) is 13.8. The van der Waals surface area contributed by atoms with Crippen molar-refractivity contribution in [2.45, 2.75) is 12.5 Å². The van der Waals surface area contributed by atoms with Crippen LogP contribution in [0.15, 0.2) is 42.5 Å². The van der Waals surface area contributed by atoms with Gasteiger partial charge in [-0.1, -0.05) is 29.8 Å². The van der Waals surface area contributed by atoms with Crippen molar-refractivity contribution in [3.05, 3.63) is 64.4 Å². The van der Waals surface area contributed by atoms with Crippen LogP contribution in [0.25, 0.3) is 0 Å². The van der Waals surface area contributed by atoms with Crippen LogP contribution < -0.4 is 4.74 Å². The second-order valence-corrected chi connectivity index (χ2v) is 4.65. The molecule has 0 radical (unpaired) electrons. The number of benzene rings is 2. The van der Waals surface area contributed by atoms with Crippen molar-refractivity contribution in [1.29, 1.82) is 0 Å². The molecule has 0 aliphatic carbocycles. The maximum absolute atomic E-state index is 12.8. The number of aliphatic hydroxyl groups is 1. The van der Waals surface area contributed by atoms with Gasteiger partial charge in [0.25, 0.3) is 0 Å². The largest absolute Gasteiger partial charge is 0.495 e. The molecule has 0 heterocycles. The first-order valence-corrected chi connectivity index (χ1v) is 6.24. The summed E-state index contributed by atoms with van der Waals surface area (Å²) < 4.78 is 17.9. The topological polar surface area (TPSA) is 29.5 Å². The molecule has 2 aromatic carbocycles. The fourth-order valence-electron chi connectivity index (χ4n) is 1.85. The molecule has 1 N–H and O–H groups in total. The highest BCUT2D eigenvalue weighted by Crippen LogP contribution is 2.29. The van der Waals surface area contributed by atoms with Gasteiger partial charge in [-0.05, 0) is 35.4 Å². The van der Waals surface area contributed by atoms with E-state index in [9.17, 15) is 9.50 Å². The molecule has 4 heteroatoms. The molecule has 0 aliphatic heterocycles. The summed E-state index contributed by atoms with van der Waals surface area (Å²) in [6.45, 7) is 0. The average Bonchev–Trinajstić information content (AvgIpc) is 2.42. The van der Waals surface area contributed by atoms with E-state index in [2.05, 4.69) is 0 Å². The summed E-state index contributed by atoms with van der Waals surface area (Å²) in [5.41, 5.74) is 1.58. The van der Waals surface area contributed by atoms with Crippen molar-refractivity contribution in [3.63, 3.8) is 0 Å². The second kappa shape index (κ2) is 6.04. The van der Waals surface area contributed by atoms with E-state index in [-0.39, 0.29) is 5.82 Å². The van der Waals surface area contributed by atoms with Crippen LogP contribution in [-0.4, -0.2) is 12.2 Å². The van der Waals surface area contributed by atoms with Crippen molar-refractivity contribution < 1.29 is 14.2 Å². The van der Waals surface area contributed by atoms with E-state index >= 15 is 0 Å². The van der Waals surface area contributed by atoms with Crippen LogP contribution in [-0.2, 0) is 6.42 Å². The third-order valence-electron chi connectivity index (χ3n) is 2.90. The fourth-order valence-corrected chi connectivity index (χ4v) is 2.04. The standard InChI is InChI=1S/C15H14ClFO2/c1-19-15-9-11(4-7-13(15)16)14(18)8-10-2-5-12(17)6-3-10/h2-7,9,14,18H,8H2,1H3. The molecule has 0 spiro atoms. The summed E-state index contributed by atoms with van der Waals surface area (Å²) in [7, 11) is 1.53. The van der Waals surface area contributed by atoms with Crippen molar-refractivity contribution in [2.24, 2.45) is 0 Å². The predicted molar refractivity (Wildman–Crippen MR) is 73.1 cm³/mol. The SMILES string of the molecule is COc1cc(C(O)Cc2ccc(F)cc2)ccc1Cl. The number of hydrogen-bond donors (Lipinski definition) is 1. The average molecular weight is 281 g/mol. The Morgan fingerprint density at radius 1 is 1.21 bits per heavy atom. The lowest BCUT2D eigenvalue weighted by Crippen LogP contribution is -2.02. The molecule has 100 valence electrons. The molecule has 1 atom stereocenters. The van der Waals surface area contributed by atoms with Crippen LogP contribution in [0.1, 0.15) is 17.2 Å². The molecule has 0 amide bonds. The third-order valence-corrected chi connectivity index (χ3v) is 3.21. The van der Waals surface area contributed by atoms with E-state index in [1.54, 1.807) is 30.3 Å². The number of methoxy groups -OCH3 is 1. The monoisotopic (exact) mass is 280 g/mol. The molecule has 2 nitrogen and oxygen atoms in total. The molecular weight excluding hydrogens is 267 g/mol. The number of aliphatic hydroxyl groups excluding tert-OH is 1. The zero-order valence-corrected chi connectivity index (χ0v) is 11.2. The van der Waals surface area contributed by atoms with Crippen LogP contribution in [0.3, 0.4) is 0 Å². The number of rotatable bonds is 4. The van der Waals surface area contributed by atoms with Crippen LogP contribution in [0.5, 0.6) is 5.75 Å². The zero-order chi connectivity index (χ0) is 13.8. The lowest BCUT2D eigenvalue weighted by molar-refractivity contribution is 0.178. The molecular formula is C15H14ClFO2. The van der Waals surface area contributed by atoms with E-state index < -0.39 is 6.10 Å². The van der Waals surface area contributed by atoms with Gasteiger partial charge in [-0.25, -0.2) is 4.39 Å². The Kier molecular flexibility index (Phi) is 4.40. The Labute approximate surface area is 116 Å². The molecule has 0 aliphatic rings. The van der Waals surface area contributed by atoms with Crippen LogP contribution in [0.2, 0.25) is 5.02 Å². The quantitative estimate of drug-likeness (QED) is 0.924. The van der Waals surface area contributed by atoms with Gasteiger partial charge in [0.15, 0.2) is 0 Å². The van der Waals surface area contributed by atoms with E-state index in [0.29, 0.717) is 22.8 Å². The molecule has 19 heavy (non-hydrogen) atoms. The van der Waals surface area contributed by atoms with Gasteiger partial charge in [0.2, 0.25) is 0 Å². The van der Waals surface area contributed by atoms with E-state index in [0.717, 1.165) is 5.56 Å². The number of hydrogen-bond acceptors (Lipinski definition) is 2. The number of ether oxygens (including phenoxy) is 1. The molecule has 0 saturated carbocycles. The Morgan fingerprint density at radius 2 is 1.89 bits per heavy atom. The normalized spacial score (nSPS) is 12.2. The van der Waals surface area contributed by atoms with Crippen LogP contribution in [0.4, 0.5) is 4.39 Å². The van der Waals surface area contributed by atoms with E-state index in [1.165, 1.54) is 19.2 Å². The van der Waals surface area contributed by atoms with Gasteiger partial charge in [-0.15, -0.1) is 0 Å². The Morgan fingerprint density at radius 3 is 2.53 bits per heavy atom. The molecule has 2 aromatic rings. The second-order valence-electron chi connectivity index (χ2n) is 4.24. The minimum Gasteiger partial charge on any atom is -0.495 e. The number of halogens is 2. The summed E-state index contributed by atoms with van der Waals surface area (Å²) in [6.07, 6.45) is -0.276. The first-order valence-electron chi connectivity index (χ1n) is 5.86. The third kappa shape index (κ3) is 3.46. The minimum atomic E-state index is -0.684. The van der Waals surface area contributed by atoms with Crippen LogP contribution in [0, 0.1) is 5.82 Å². The summed E-state index contributed by atoms with van der Waals surface area (Å²) in [5, 5.41) is 10.7. The Bertz CT molecular complexity index is 555. The Balaban J connectivity index is 2.15. The Hall–Kier alpha value is -1.58. The summed E-state index contributed by atoms with van der Waals surface area (Å²) in [4.78, 5) is 0. The summed E-state index contributed by atoms with van der Waals surface area (Å²) in [6, 6.07) is 11.2. The predicted octanol–water partition coefficient (Wildman–Crippen LogP) is 3.76. The van der Waals surface area contributed by atoms with Gasteiger partial charge >= 0.3 is 0 Å². The molecule has 0 bridgehead atoms. The fraction of sp³-hybridized carbons (Fsp3) is 0.200. The van der Waals surface area contributed by atoms with E-state index in [1.807, 2.05) is 0 Å². The van der Waals surface area contributed by atoms with Crippen molar-refractivity contribution >= 4 is 11.6 Å². The highest BCUT2D eigenvalue weighted by atomic mass is 35.5. The maximum Gasteiger partial charge on any atom is 0.137 e. The smallest absolute Gasteiger partial charge is 0.137 e. The molecule has 0 aromatic heterocycles. The highest BCUT2D eigenvalue weighted by Gasteiger charge is 2.11. The van der Waals surface area contributed by atoms with Crippen molar-refractivity contribution in [3.8, 4) is 5.75 Å². The zero-order valence-electron chi connectivity index (χ0n) is 10.4. The van der Waals surface area contributed by atoms with Crippen molar-refractivity contribution in [1.82, 2.24) is 0 Å². The molecule has 0 saturated heterocycles. The summed E-state index contributed by atoms with van der Waals surface area (Å²) >= 11 is 5.93. The lowest BCUT2D eigenvalue weighted by atomic mass is 10.0. The molecule has 0 fully saturated rings. The first-order chi connectivity index (χ1) is 9.10. The van der Waals surface area contributed by atoms with Gasteiger partial charge in [-0.3, -0.25) is 0 Å². The van der Waals surface area contributed by atoms with Crippen molar-refractivity contribution in [2.75, 3.05) is 7.11 Å². The lowest BCUT2D eigenvalue weighted by Gasteiger charge is -2.13. The maximum atomic E-state index is 12.8. The van der Waals surface area contributed by atoms with Gasteiger partial charge in [0, 0.05) is 6.42 Å². The molecule has 1 unspecified atom stereocenters. The van der Waals surface area contributed by atoms with Crippen LogP contribution >= 0.6 is 11.6 Å². The van der Waals surface area contributed by atoms with Gasteiger partial charge < -0.3 is 9.84 Å². The van der Waals surface area contributed by atoms with Gasteiger partial charge in [0.1, 0.15) is 11.6 Å². The highest BCUT2D eigenvalue weighted by molar-refractivity contribution is 6.32. The van der Waals surface area contributed by atoms with Gasteiger partial charge in [-0.2, -0.15) is 0 Å². The van der Waals surface area contributed by atoms with Gasteiger partial charge in [0.05, 0.1) is 18.2 Å². The minimum absolute atomic E-state index is 0.286.